The topological polar surface area (TPSA) is 95.4 Å². The van der Waals surface area contributed by atoms with E-state index in [-0.39, 0.29) is 30.6 Å². The fraction of sp³-hybridized carbons (Fsp3) is 0.429. The first kappa shape index (κ1) is 23.2. The zero-order chi connectivity index (χ0) is 22.7. The van der Waals surface area contributed by atoms with E-state index in [1.54, 1.807) is 30.6 Å². The predicted molar refractivity (Wildman–Crippen MR) is 122 cm³/mol. The molecule has 32 heavy (non-hydrogen) atoms. The van der Waals surface area contributed by atoms with Gasteiger partial charge in [0.05, 0.1) is 54.2 Å². The Bertz CT molecular complexity index is 967. The van der Waals surface area contributed by atoms with E-state index in [4.69, 9.17) is 26.3 Å². The molecule has 8 nitrogen and oxygen atoms in total. The van der Waals surface area contributed by atoms with Crippen LogP contribution in [0, 0.1) is 0 Å². The quantitative estimate of drug-likeness (QED) is 0.354. The molecule has 0 radical (unpaired) electrons. The minimum atomic E-state index is -1.61. The summed E-state index contributed by atoms with van der Waals surface area (Å²) in [6.45, 7) is 0.890. The fourth-order valence-corrected chi connectivity index (χ4v) is 4.55. The van der Waals surface area contributed by atoms with Crippen LogP contribution in [0.4, 0.5) is 10.1 Å². The van der Waals surface area contributed by atoms with Crippen LogP contribution in [0.15, 0.2) is 50.7 Å². The Morgan fingerprint density at radius 2 is 2.31 bits per heavy atom. The maximum absolute atomic E-state index is 15.7. The highest BCUT2D eigenvalue weighted by Gasteiger charge is 2.41. The highest BCUT2D eigenvalue weighted by atomic mass is 79.9. The van der Waals surface area contributed by atoms with Gasteiger partial charge < -0.3 is 20.1 Å². The number of hydroxylamine groups is 1. The maximum Gasteiger partial charge on any atom is 0.276 e. The highest BCUT2D eigenvalue weighted by Crippen LogP contribution is 2.36. The molecule has 1 fully saturated rings. The predicted octanol–water partition coefficient (Wildman–Crippen LogP) is 2.94. The van der Waals surface area contributed by atoms with Gasteiger partial charge in [0.1, 0.15) is 6.04 Å². The van der Waals surface area contributed by atoms with Crippen molar-refractivity contribution >= 4 is 45.5 Å². The number of hydrogen-bond acceptors (Lipinski definition) is 7. The van der Waals surface area contributed by atoms with Gasteiger partial charge in [0.15, 0.2) is 6.17 Å². The van der Waals surface area contributed by atoms with E-state index < -0.39 is 18.1 Å². The van der Waals surface area contributed by atoms with Crippen LogP contribution >= 0.6 is 27.5 Å². The number of nitrogens with one attached hydrogen (secondary N) is 2. The van der Waals surface area contributed by atoms with Crippen LogP contribution in [0.1, 0.15) is 12.8 Å². The minimum Gasteiger partial charge on any atom is -0.394 e. The molecule has 1 saturated heterocycles. The van der Waals surface area contributed by atoms with Crippen molar-refractivity contribution in [2.45, 2.75) is 31.2 Å². The lowest BCUT2D eigenvalue weighted by molar-refractivity contribution is -0.130. The number of aliphatic imine (C=N–C) groups is 1. The van der Waals surface area contributed by atoms with Gasteiger partial charge in [-0.2, -0.15) is 0 Å². The van der Waals surface area contributed by atoms with Gasteiger partial charge in [-0.05, 0) is 37.1 Å². The summed E-state index contributed by atoms with van der Waals surface area (Å²) in [5.74, 6) is -0.647. The van der Waals surface area contributed by atoms with Crippen LogP contribution in [0.5, 0.6) is 0 Å². The van der Waals surface area contributed by atoms with Gasteiger partial charge in [-0.1, -0.05) is 27.5 Å². The summed E-state index contributed by atoms with van der Waals surface area (Å²) >= 11 is 9.64. The zero-order valence-corrected chi connectivity index (χ0v) is 19.4. The Labute approximate surface area is 198 Å². The lowest BCUT2D eigenvalue weighted by Gasteiger charge is -2.30. The molecule has 4 rings (SSSR count). The summed E-state index contributed by atoms with van der Waals surface area (Å²) in [6, 6.07) is 4.32. The van der Waals surface area contributed by atoms with E-state index in [1.807, 2.05) is 4.90 Å². The summed E-state index contributed by atoms with van der Waals surface area (Å²) in [5, 5.41) is 12.2. The average molecular weight is 530 g/mol. The molecule has 2 aliphatic heterocycles. The van der Waals surface area contributed by atoms with Crippen LogP contribution in [-0.2, 0) is 14.4 Å². The number of anilines is 1. The second-order valence-corrected chi connectivity index (χ2v) is 8.87. The maximum atomic E-state index is 15.7. The number of halogens is 3. The van der Waals surface area contributed by atoms with Crippen molar-refractivity contribution < 1.29 is 23.9 Å². The third-order valence-electron chi connectivity index (χ3n) is 5.36. The Hall–Kier alpha value is -1.98. The second-order valence-electron chi connectivity index (χ2n) is 7.55. The third-order valence-corrected chi connectivity index (χ3v) is 6.17. The summed E-state index contributed by atoms with van der Waals surface area (Å²) in [6.07, 6.45) is 3.54. The molecule has 1 aliphatic carbocycles. The van der Waals surface area contributed by atoms with Crippen LogP contribution < -0.4 is 10.8 Å². The van der Waals surface area contributed by atoms with Gasteiger partial charge in [0.2, 0.25) is 0 Å². The van der Waals surface area contributed by atoms with Crippen LogP contribution in [-0.4, -0.2) is 66.9 Å². The van der Waals surface area contributed by atoms with Crippen LogP contribution in [0.25, 0.3) is 0 Å². The summed E-state index contributed by atoms with van der Waals surface area (Å²) in [7, 11) is 0. The smallest absolute Gasteiger partial charge is 0.276 e. The average Bonchev–Trinajstić information content (AvgIpc) is 3.42. The lowest BCUT2D eigenvalue weighted by Crippen LogP contribution is -2.39. The van der Waals surface area contributed by atoms with Crippen molar-refractivity contribution in [2.24, 2.45) is 4.99 Å². The molecule has 3 N–H and O–H groups in total. The number of rotatable bonds is 8. The van der Waals surface area contributed by atoms with Gasteiger partial charge in [0.25, 0.3) is 5.91 Å². The first-order chi connectivity index (χ1) is 15.5. The van der Waals surface area contributed by atoms with Crippen LogP contribution in [0.2, 0.25) is 5.02 Å². The van der Waals surface area contributed by atoms with Crippen LogP contribution in [0.3, 0.4) is 0 Å². The molecule has 3 atom stereocenters. The molecule has 2 heterocycles. The highest BCUT2D eigenvalue weighted by molar-refractivity contribution is 9.10. The molecular weight excluding hydrogens is 507 g/mol. The van der Waals surface area contributed by atoms with Gasteiger partial charge in [-0.15, -0.1) is 0 Å². The molecule has 11 heteroatoms. The first-order valence-corrected chi connectivity index (χ1v) is 11.4. The second kappa shape index (κ2) is 10.3. The van der Waals surface area contributed by atoms with Gasteiger partial charge in [-0.3, -0.25) is 14.6 Å². The van der Waals surface area contributed by atoms with Gasteiger partial charge in [-0.25, -0.2) is 9.87 Å². The number of carbonyl (C=O) groups excluding carboxylic acids is 1. The van der Waals surface area contributed by atoms with Crippen molar-refractivity contribution in [3.05, 3.63) is 50.7 Å². The molecular formula is C21H23BrClFN4O4. The summed E-state index contributed by atoms with van der Waals surface area (Å²) in [4.78, 5) is 24.0. The summed E-state index contributed by atoms with van der Waals surface area (Å²) < 4.78 is 22.2. The Balaban J connectivity index is 1.66. The number of aliphatic hydroxyl groups excluding tert-OH is 1. The van der Waals surface area contributed by atoms with E-state index in [9.17, 15) is 4.79 Å². The largest absolute Gasteiger partial charge is 0.394 e. The van der Waals surface area contributed by atoms with Crippen molar-refractivity contribution in [1.82, 2.24) is 10.4 Å². The van der Waals surface area contributed by atoms with Gasteiger partial charge >= 0.3 is 0 Å². The fourth-order valence-electron chi connectivity index (χ4n) is 3.83. The molecule has 1 amide bonds. The first-order valence-electron chi connectivity index (χ1n) is 10.2. The summed E-state index contributed by atoms with van der Waals surface area (Å²) in [5.41, 5.74) is 3.36. The van der Waals surface area contributed by atoms with E-state index in [0.717, 1.165) is 17.3 Å². The molecule has 3 aliphatic rings. The number of alkyl halides is 1. The molecule has 0 bridgehead atoms. The number of fused-ring (bicyclic) bond motifs is 1. The van der Waals surface area contributed by atoms with Crippen molar-refractivity contribution in [2.75, 3.05) is 31.7 Å². The van der Waals surface area contributed by atoms with Crippen molar-refractivity contribution in [3.8, 4) is 0 Å². The number of nitrogens with zero attached hydrogens (tertiary/aromatic N) is 2. The monoisotopic (exact) mass is 528 g/mol. The SMILES string of the molecule is O=C(NOCCO)C1=C(Nc2ccc(Br)cc2Cl)C(F)C2N=CN(CC3CCCO3)C2=C1. The number of benzene rings is 1. The molecule has 172 valence electrons. The number of amides is 1. The number of aliphatic hydroxyl groups is 1. The Morgan fingerprint density at radius 1 is 1.47 bits per heavy atom. The minimum absolute atomic E-state index is 0.0317. The van der Waals surface area contributed by atoms with Crippen molar-refractivity contribution in [3.63, 3.8) is 0 Å². The standard InChI is InChI=1S/C21H23BrClFN4O4/c22-12-3-4-16(15(23)8-12)26-19-14(21(30)27-32-7-5-29)9-17-20(18(19)24)25-11-28(17)10-13-2-1-6-31-13/h3-4,8-9,11,13,18,20,26,29H,1-2,5-7,10H2,(H,27,30). The van der Waals surface area contributed by atoms with Crippen molar-refractivity contribution in [1.29, 1.82) is 0 Å². The number of hydrogen-bond donors (Lipinski definition) is 3. The molecule has 0 aromatic heterocycles. The molecule has 0 saturated carbocycles. The van der Waals surface area contributed by atoms with E-state index in [1.165, 1.54) is 0 Å². The molecule has 0 spiro atoms. The molecule has 1 aromatic carbocycles. The Morgan fingerprint density at radius 3 is 3.03 bits per heavy atom. The lowest BCUT2D eigenvalue weighted by atomic mass is 9.93. The zero-order valence-electron chi connectivity index (χ0n) is 17.1. The van der Waals surface area contributed by atoms with E-state index >= 15 is 4.39 Å². The molecule has 1 aromatic rings. The third kappa shape index (κ3) is 4.99. The number of ether oxygens (including phenoxy) is 1. The van der Waals surface area contributed by atoms with Gasteiger partial charge in [0, 0.05) is 16.8 Å². The van der Waals surface area contributed by atoms with E-state index in [0.29, 0.717) is 29.6 Å². The van der Waals surface area contributed by atoms with E-state index in [2.05, 4.69) is 31.7 Å². The normalized spacial score (nSPS) is 24.6. The Kier molecular flexibility index (Phi) is 7.47. The molecule has 3 unspecified atom stereocenters. The number of carbonyl (C=O) groups is 1.